The fourth-order valence-corrected chi connectivity index (χ4v) is 1.96. The summed E-state index contributed by atoms with van der Waals surface area (Å²) in [5.41, 5.74) is 1.52. The van der Waals surface area contributed by atoms with Gasteiger partial charge in [0.2, 0.25) is 5.91 Å². The molecule has 112 valence electrons. The molecule has 1 atom stereocenters. The molecular weight excluding hydrogens is 294 g/mol. The first-order valence-electron chi connectivity index (χ1n) is 6.61. The Hall–Kier alpha value is -2.08. The number of nitrogens with one attached hydrogen (secondary N) is 2. The summed E-state index contributed by atoms with van der Waals surface area (Å²) in [6, 6.07) is 5.28. The number of aromatic amines is 1. The highest BCUT2D eigenvalue weighted by Gasteiger charge is 2.16. The summed E-state index contributed by atoms with van der Waals surface area (Å²) in [5, 5.41) is 3.06. The molecule has 1 aromatic carbocycles. The zero-order valence-corrected chi connectivity index (χ0v) is 12.5. The molecule has 0 spiro atoms. The second-order valence-corrected chi connectivity index (χ2v) is 4.98. The summed E-state index contributed by atoms with van der Waals surface area (Å²) in [7, 11) is 0. The van der Waals surface area contributed by atoms with Gasteiger partial charge in [-0.3, -0.25) is 9.59 Å². The standard InChI is InChI=1S/C14H16ClN3O3/c1-3-12(19)16-7-13(20)21-8(2)14-17-10-5-4-9(15)6-11(10)18-14/h4-6,8H,3,7H2,1-2H3,(H,16,19)(H,17,18)/t8-/m0/s1. The lowest BCUT2D eigenvalue weighted by Gasteiger charge is -2.11. The second-order valence-electron chi connectivity index (χ2n) is 4.55. The van der Waals surface area contributed by atoms with E-state index in [-0.39, 0.29) is 12.5 Å². The molecular formula is C14H16ClN3O3. The molecule has 7 heteroatoms. The summed E-state index contributed by atoms with van der Waals surface area (Å²) in [5.74, 6) is -0.178. The zero-order valence-electron chi connectivity index (χ0n) is 11.8. The van der Waals surface area contributed by atoms with Gasteiger partial charge in [0.1, 0.15) is 12.4 Å². The van der Waals surface area contributed by atoms with Crippen LogP contribution < -0.4 is 5.32 Å². The highest BCUT2D eigenvalue weighted by Crippen LogP contribution is 2.21. The summed E-state index contributed by atoms with van der Waals surface area (Å²) in [6.45, 7) is 3.27. The Morgan fingerprint density at radius 1 is 1.48 bits per heavy atom. The minimum absolute atomic E-state index is 0.150. The van der Waals surface area contributed by atoms with Crippen molar-refractivity contribution in [1.29, 1.82) is 0 Å². The largest absolute Gasteiger partial charge is 0.453 e. The first-order chi connectivity index (χ1) is 9.99. The van der Waals surface area contributed by atoms with Crippen molar-refractivity contribution in [3.8, 4) is 0 Å². The number of imidazole rings is 1. The number of amides is 1. The summed E-state index contributed by atoms with van der Waals surface area (Å²) < 4.78 is 5.21. The number of aromatic nitrogens is 2. The van der Waals surface area contributed by atoms with Crippen LogP contribution in [0.3, 0.4) is 0 Å². The van der Waals surface area contributed by atoms with E-state index in [4.69, 9.17) is 16.3 Å². The maximum absolute atomic E-state index is 11.6. The number of benzene rings is 1. The quantitative estimate of drug-likeness (QED) is 0.830. The predicted molar refractivity (Wildman–Crippen MR) is 78.9 cm³/mol. The monoisotopic (exact) mass is 309 g/mol. The third kappa shape index (κ3) is 3.95. The van der Waals surface area contributed by atoms with Crippen LogP contribution in [-0.4, -0.2) is 28.4 Å². The van der Waals surface area contributed by atoms with E-state index in [1.54, 1.807) is 32.0 Å². The number of ether oxygens (including phenoxy) is 1. The van der Waals surface area contributed by atoms with Gasteiger partial charge >= 0.3 is 5.97 Å². The van der Waals surface area contributed by atoms with E-state index in [9.17, 15) is 9.59 Å². The molecule has 1 amide bonds. The highest BCUT2D eigenvalue weighted by atomic mass is 35.5. The van der Waals surface area contributed by atoms with Crippen molar-refractivity contribution in [2.24, 2.45) is 0 Å². The van der Waals surface area contributed by atoms with E-state index in [2.05, 4.69) is 15.3 Å². The maximum atomic E-state index is 11.6. The van der Waals surface area contributed by atoms with Crippen molar-refractivity contribution >= 4 is 34.5 Å². The number of nitrogens with zero attached hydrogens (tertiary/aromatic N) is 1. The molecule has 0 radical (unpaired) electrons. The van der Waals surface area contributed by atoms with Crippen LogP contribution >= 0.6 is 11.6 Å². The van der Waals surface area contributed by atoms with Crippen LogP contribution in [0.1, 0.15) is 32.2 Å². The molecule has 0 unspecified atom stereocenters. The molecule has 21 heavy (non-hydrogen) atoms. The van der Waals surface area contributed by atoms with Crippen LogP contribution in [0.2, 0.25) is 5.02 Å². The fraction of sp³-hybridized carbons (Fsp3) is 0.357. The van der Waals surface area contributed by atoms with Gasteiger partial charge in [0.15, 0.2) is 6.10 Å². The highest BCUT2D eigenvalue weighted by molar-refractivity contribution is 6.31. The average molecular weight is 310 g/mol. The van der Waals surface area contributed by atoms with Crippen molar-refractivity contribution in [2.45, 2.75) is 26.4 Å². The van der Waals surface area contributed by atoms with Crippen molar-refractivity contribution in [2.75, 3.05) is 6.54 Å². The molecule has 0 saturated carbocycles. The molecule has 2 aromatic rings. The molecule has 1 heterocycles. The number of H-pyrrole nitrogens is 1. The molecule has 0 aliphatic rings. The van der Waals surface area contributed by atoms with E-state index >= 15 is 0 Å². The van der Waals surface area contributed by atoms with Crippen molar-refractivity contribution in [1.82, 2.24) is 15.3 Å². The average Bonchev–Trinajstić information content (AvgIpc) is 2.87. The fourth-order valence-electron chi connectivity index (χ4n) is 1.78. The van der Waals surface area contributed by atoms with Gasteiger partial charge in [0, 0.05) is 11.4 Å². The van der Waals surface area contributed by atoms with Crippen LogP contribution in [0.4, 0.5) is 0 Å². The third-order valence-electron chi connectivity index (χ3n) is 2.91. The van der Waals surface area contributed by atoms with Gasteiger partial charge in [0.25, 0.3) is 0 Å². The van der Waals surface area contributed by atoms with Gasteiger partial charge in [-0.25, -0.2) is 4.98 Å². The molecule has 1 aromatic heterocycles. The van der Waals surface area contributed by atoms with Crippen molar-refractivity contribution in [3.63, 3.8) is 0 Å². The maximum Gasteiger partial charge on any atom is 0.326 e. The number of carbonyl (C=O) groups excluding carboxylic acids is 2. The van der Waals surface area contributed by atoms with Gasteiger partial charge in [-0.05, 0) is 25.1 Å². The van der Waals surface area contributed by atoms with Gasteiger partial charge in [-0.2, -0.15) is 0 Å². The lowest BCUT2D eigenvalue weighted by molar-refractivity contribution is -0.148. The van der Waals surface area contributed by atoms with E-state index in [1.165, 1.54) is 0 Å². The molecule has 6 nitrogen and oxygen atoms in total. The van der Waals surface area contributed by atoms with Gasteiger partial charge in [-0.1, -0.05) is 18.5 Å². The number of hydrogen-bond acceptors (Lipinski definition) is 4. The molecule has 0 saturated heterocycles. The number of rotatable bonds is 5. The van der Waals surface area contributed by atoms with Crippen molar-refractivity contribution in [3.05, 3.63) is 29.0 Å². The molecule has 2 rings (SSSR count). The first-order valence-corrected chi connectivity index (χ1v) is 6.98. The van der Waals surface area contributed by atoms with Crippen LogP contribution in [0, 0.1) is 0 Å². The number of hydrogen-bond donors (Lipinski definition) is 2. The van der Waals surface area contributed by atoms with Crippen LogP contribution in [0.5, 0.6) is 0 Å². The predicted octanol–water partition coefficient (Wildman–Crippen LogP) is 2.35. The van der Waals surface area contributed by atoms with E-state index in [0.717, 1.165) is 11.0 Å². The van der Waals surface area contributed by atoms with E-state index in [1.807, 2.05) is 0 Å². The molecule has 0 aliphatic heterocycles. The number of fused-ring (bicyclic) bond motifs is 1. The Kier molecular flexibility index (Phi) is 4.80. The SMILES string of the molecule is CCC(=O)NCC(=O)O[C@@H](C)c1nc2ccc(Cl)cc2[nH]1. The Morgan fingerprint density at radius 2 is 2.24 bits per heavy atom. The van der Waals surface area contributed by atoms with E-state index in [0.29, 0.717) is 17.3 Å². The van der Waals surface area contributed by atoms with Gasteiger partial charge < -0.3 is 15.0 Å². The second kappa shape index (κ2) is 6.58. The number of halogens is 1. The van der Waals surface area contributed by atoms with Gasteiger partial charge in [0.05, 0.1) is 11.0 Å². The first kappa shape index (κ1) is 15.3. The lowest BCUT2D eigenvalue weighted by atomic mass is 10.3. The zero-order chi connectivity index (χ0) is 15.4. The summed E-state index contributed by atoms with van der Waals surface area (Å²) in [4.78, 5) is 30.1. The molecule has 2 N–H and O–H groups in total. The summed E-state index contributed by atoms with van der Waals surface area (Å²) >= 11 is 5.90. The van der Waals surface area contributed by atoms with Crippen LogP contribution in [0.15, 0.2) is 18.2 Å². The number of esters is 1. The van der Waals surface area contributed by atoms with E-state index < -0.39 is 12.1 Å². The minimum Gasteiger partial charge on any atom is -0.453 e. The smallest absolute Gasteiger partial charge is 0.326 e. The lowest BCUT2D eigenvalue weighted by Crippen LogP contribution is -2.30. The Bertz CT molecular complexity index is 669. The Balaban J connectivity index is 1.99. The molecule has 0 aliphatic carbocycles. The van der Waals surface area contributed by atoms with Crippen LogP contribution in [-0.2, 0) is 14.3 Å². The van der Waals surface area contributed by atoms with Crippen molar-refractivity contribution < 1.29 is 14.3 Å². The molecule has 0 fully saturated rings. The molecule has 0 bridgehead atoms. The van der Waals surface area contributed by atoms with Crippen LogP contribution in [0.25, 0.3) is 11.0 Å². The summed E-state index contributed by atoms with van der Waals surface area (Å²) in [6.07, 6.45) is -0.213. The Morgan fingerprint density at radius 3 is 2.95 bits per heavy atom. The minimum atomic E-state index is -0.540. The Labute approximate surface area is 126 Å². The third-order valence-corrected chi connectivity index (χ3v) is 3.14. The normalized spacial score (nSPS) is 12.1. The van der Waals surface area contributed by atoms with Gasteiger partial charge in [-0.15, -0.1) is 0 Å². The number of carbonyl (C=O) groups is 2. The topological polar surface area (TPSA) is 84.1 Å².